The third kappa shape index (κ3) is 4.69. The first-order valence-electron chi connectivity index (χ1n) is 7.99. The highest BCUT2D eigenvalue weighted by atomic mass is 79.9. The molecule has 1 aromatic heterocycles. The van der Waals surface area contributed by atoms with E-state index < -0.39 is 9.84 Å². The second-order valence-electron chi connectivity index (χ2n) is 5.88. The lowest BCUT2D eigenvalue weighted by molar-refractivity contribution is 0.0649. The third-order valence-electron chi connectivity index (χ3n) is 4.24. The average Bonchev–Trinajstić information content (AvgIpc) is 3.15. The fourth-order valence-corrected chi connectivity index (χ4v) is 4.98. The van der Waals surface area contributed by atoms with Gasteiger partial charge in [-0.15, -0.1) is 11.3 Å². The molecule has 0 bridgehead atoms. The Balaban J connectivity index is 1.51. The highest BCUT2D eigenvalue weighted by Gasteiger charge is 2.24. The molecular weight excluding hydrogens is 424 g/mol. The number of rotatable bonds is 5. The average molecular weight is 443 g/mol. The van der Waals surface area contributed by atoms with Crippen LogP contribution < -0.4 is 0 Å². The van der Waals surface area contributed by atoms with Crippen LogP contribution >= 0.6 is 27.3 Å². The molecule has 1 aromatic carbocycles. The second-order valence-corrected chi connectivity index (χ2v) is 9.86. The Kier molecular flexibility index (Phi) is 5.93. The van der Waals surface area contributed by atoms with E-state index in [9.17, 15) is 13.2 Å². The van der Waals surface area contributed by atoms with E-state index in [1.54, 1.807) is 24.3 Å². The molecule has 1 aliphatic rings. The number of hydrogen-bond acceptors (Lipinski definition) is 5. The fourth-order valence-electron chi connectivity index (χ4n) is 2.74. The quantitative estimate of drug-likeness (QED) is 0.713. The summed E-state index contributed by atoms with van der Waals surface area (Å²) >= 11 is 4.76. The Hall–Kier alpha value is -1.22. The molecule has 1 saturated heterocycles. The number of carbonyl (C=O) groups excluding carboxylic acids is 1. The van der Waals surface area contributed by atoms with Crippen molar-refractivity contribution in [3.8, 4) is 0 Å². The summed E-state index contributed by atoms with van der Waals surface area (Å²) in [4.78, 5) is 17.4. The molecule has 0 atom stereocenters. The zero-order valence-corrected chi connectivity index (χ0v) is 16.8. The number of carbonyl (C=O) groups is 1. The van der Waals surface area contributed by atoms with Gasteiger partial charge < -0.3 is 4.90 Å². The monoisotopic (exact) mass is 442 g/mol. The van der Waals surface area contributed by atoms with Gasteiger partial charge in [-0.2, -0.15) is 0 Å². The Morgan fingerprint density at radius 2 is 1.76 bits per heavy atom. The van der Waals surface area contributed by atoms with E-state index in [1.165, 1.54) is 11.3 Å². The van der Waals surface area contributed by atoms with Crippen LogP contribution in [0.1, 0.15) is 9.67 Å². The Morgan fingerprint density at radius 1 is 1.08 bits per heavy atom. The maximum absolute atomic E-state index is 12.4. The van der Waals surface area contributed by atoms with Gasteiger partial charge in [0.1, 0.15) is 0 Å². The largest absolute Gasteiger partial charge is 0.335 e. The third-order valence-corrected chi connectivity index (χ3v) is 7.34. The van der Waals surface area contributed by atoms with Gasteiger partial charge in [-0.1, -0.05) is 22.0 Å². The van der Waals surface area contributed by atoms with E-state index in [-0.39, 0.29) is 11.7 Å². The summed E-state index contributed by atoms with van der Waals surface area (Å²) in [5, 5.41) is 1.90. The summed E-state index contributed by atoms with van der Waals surface area (Å²) < 4.78 is 25.7. The van der Waals surface area contributed by atoms with Crippen molar-refractivity contribution in [1.82, 2.24) is 9.80 Å². The van der Waals surface area contributed by atoms with Gasteiger partial charge in [0.05, 0.1) is 15.5 Å². The first-order valence-corrected chi connectivity index (χ1v) is 11.3. The Bertz CT molecular complexity index is 812. The lowest BCUT2D eigenvalue weighted by atomic mass is 10.3. The molecule has 0 saturated carbocycles. The van der Waals surface area contributed by atoms with Gasteiger partial charge in [0.25, 0.3) is 5.91 Å². The number of amides is 1. The molecule has 0 N–H and O–H groups in total. The lowest BCUT2D eigenvalue weighted by Gasteiger charge is -2.34. The summed E-state index contributed by atoms with van der Waals surface area (Å²) in [6, 6.07) is 10.4. The summed E-state index contributed by atoms with van der Waals surface area (Å²) in [7, 11) is -3.28. The van der Waals surface area contributed by atoms with Gasteiger partial charge >= 0.3 is 0 Å². The van der Waals surface area contributed by atoms with E-state index in [2.05, 4.69) is 20.8 Å². The molecule has 3 rings (SSSR count). The lowest BCUT2D eigenvalue weighted by Crippen LogP contribution is -2.49. The maximum Gasteiger partial charge on any atom is 0.264 e. The number of halogens is 1. The number of nitrogens with zero attached hydrogens (tertiary/aromatic N) is 2. The summed E-state index contributed by atoms with van der Waals surface area (Å²) in [5.41, 5.74) is 0. The topological polar surface area (TPSA) is 57.7 Å². The number of hydrogen-bond donors (Lipinski definition) is 0. The number of sulfone groups is 1. The predicted molar refractivity (Wildman–Crippen MR) is 103 cm³/mol. The molecule has 1 amide bonds. The van der Waals surface area contributed by atoms with Gasteiger partial charge in [-0.05, 0) is 35.7 Å². The summed E-state index contributed by atoms with van der Waals surface area (Å²) in [6.07, 6.45) is 0. The minimum atomic E-state index is -3.28. The molecule has 5 nitrogen and oxygen atoms in total. The van der Waals surface area contributed by atoms with Crippen LogP contribution in [-0.2, 0) is 9.84 Å². The predicted octanol–water partition coefficient (Wildman–Crippen LogP) is 2.74. The van der Waals surface area contributed by atoms with Gasteiger partial charge in [-0.3, -0.25) is 9.69 Å². The number of thiophene rings is 1. The first kappa shape index (κ1) is 18.6. The van der Waals surface area contributed by atoms with Crippen LogP contribution in [0.25, 0.3) is 0 Å². The van der Waals surface area contributed by atoms with Crippen molar-refractivity contribution in [2.75, 3.05) is 38.5 Å². The van der Waals surface area contributed by atoms with Crippen molar-refractivity contribution in [1.29, 1.82) is 0 Å². The molecular formula is C17H19BrN2O3S2. The van der Waals surface area contributed by atoms with Crippen molar-refractivity contribution in [2.45, 2.75) is 4.90 Å². The second kappa shape index (κ2) is 7.99. The molecule has 134 valence electrons. The van der Waals surface area contributed by atoms with Crippen LogP contribution in [0.15, 0.2) is 51.1 Å². The summed E-state index contributed by atoms with van der Waals surface area (Å²) in [6.45, 7) is 3.16. The van der Waals surface area contributed by atoms with Crippen LogP contribution in [0, 0.1) is 0 Å². The van der Waals surface area contributed by atoms with Gasteiger partial charge in [0.2, 0.25) is 0 Å². The van der Waals surface area contributed by atoms with E-state index in [4.69, 9.17) is 0 Å². The van der Waals surface area contributed by atoms with Gasteiger partial charge in [0.15, 0.2) is 9.84 Å². The normalized spacial score (nSPS) is 16.1. The van der Waals surface area contributed by atoms with Crippen molar-refractivity contribution < 1.29 is 13.2 Å². The minimum absolute atomic E-state index is 0.0668. The van der Waals surface area contributed by atoms with E-state index >= 15 is 0 Å². The molecule has 25 heavy (non-hydrogen) atoms. The zero-order valence-electron chi connectivity index (χ0n) is 13.6. The summed E-state index contributed by atoms with van der Waals surface area (Å²) in [5.74, 6) is 0.158. The van der Waals surface area contributed by atoms with Crippen molar-refractivity contribution in [3.63, 3.8) is 0 Å². The van der Waals surface area contributed by atoms with Crippen LogP contribution in [0.2, 0.25) is 0 Å². The molecule has 0 unspecified atom stereocenters. The van der Waals surface area contributed by atoms with Gasteiger partial charge in [-0.25, -0.2) is 8.42 Å². The molecule has 8 heteroatoms. The minimum Gasteiger partial charge on any atom is -0.335 e. The first-order chi connectivity index (χ1) is 12.0. The molecule has 0 spiro atoms. The number of piperazine rings is 1. The smallest absolute Gasteiger partial charge is 0.264 e. The van der Waals surface area contributed by atoms with Crippen LogP contribution in [-0.4, -0.2) is 62.6 Å². The SMILES string of the molecule is O=C(c1cccs1)N1CCN(CCS(=O)(=O)c2ccc(Br)cc2)CC1. The molecule has 2 aromatic rings. The molecule has 1 fully saturated rings. The Labute approximate surface area is 160 Å². The van der Waals surface area contributed by atoms with E-state index in [1.807, 2.05) is 22.4 Å². The van der Waals surface area contributed by atoms with Crippen LogP contribution in [0.3, 0.4) is 0 Å². The molecule has 1 aliphatic heterocycles. The fraction of sp³-hybridized carbons (Fsp3) is 0.353. The zero-order chi connectivity index (χ0) is 17.9. The highest BCUT2D eigenvalue weighted by molar-refractivity contribution is 9.10. The van der Waals surface area contributed by atoms with E-state index in [0.29, 0.717) is 37.6 Å². The van der Waals surface area contributed by atoms with Gasteiger partial charge in [0, 0.05) is 37.2 Å². The standard InChI is InChI=1S/C17H19BrN2O3S2/c18-14-3-5-15(6-4-14)25(22,23)13-11-19-7-9-20(10-8-19)17(21)16-2-1-12-24-16/h1-6,12H,7-11,13H2. The van der Waals surface area contributed by atoms with Crippen LogP contribution in [0.4, 0.5) is 0 Å². The van der Waals surface area contributed by atoms with Crippen molar-refractivity contribution in [2.24, 2.45) is 0 Å². The highest BCUT2D eigenvalue weighted by Crippen LogP contribution is 2.17. The van der Waals surface area contributed by atoms with Crippen molar-refractivity contribution >= 4 is 43.0 Å². The molecule has 0 aliphatic carbocycles. The molecule has 2 heterocycles. The Morgan fingerprint density at radius 3 is 2.36 bits per heavy atom. The van der Waals surface area contributed by atoms with E-state index in [0.717, 1.165) is 9.35 Å². The molecule has 0 radical (unpaired) electrons. The maximum atomic E-state index is 12.4. The van der Waals surface area contributed by atoms with Crippen molar-refractivity contribution in [3.05, 3.63) is 51.1 Å². The number of benzene rings is 1. The van der Waals surface area contributed by atoms with Crippen LogP contribution in [0.5, 0.6) is 0 Å².